The number of carbonyl (C=O) groups excluding carboxylic acids is 1. The summed E-state index contributed by atoms with van der Waals surface area (Å²) >= 11 is 5.23. The van der Waals surface area contributed by atoms with Crippen LogP contribution in [-0.2, 0) is 9.53 Å². The molecule has 1 unspecified atom stereocenters. The molecule has 0 aromatic heterocycles. The number of thioether (sulfide) groups is 1. The third-order valence-corrected chi connectivity index (χ3v) is 4.67. The monoisotopic (exact) mass is 387 g/mol. The first-order chi connectivity index (χ1) is 10.3. The van der Waals surface area contributed by atoms with Crippen molar-refractivity contribution in [2.75, 3.05) is 19.4 Å². The summed E-state index contributed by atoms with van der Waals surface area (Å²) in [6.07, 6.45) is 5.60. The van der Waals surface area contributed by atoms with Gasteiger partial charge in [-0.15, -0.1) is 11.8 Å². The summed E-state index contributed by atoms with van der Waals surface area (Å²) in [7, 11) is 0. The van der Waals surface area contributed by atoms with E-state index in [1.807, 2.05) is 33.2 Å². The molecule has 2 rings (SSSR count). The highest BCUT2D eigenvalue weighted by atomic mass is 79.9. The van der Waals surface area contributed by atoms with E-state index >= 15 is 0 Å². The van der Waals surface area contributed by atoms with Crippen molar-refractivity contribution in [2.45, 2.75) is 38.6 Å². The van der Waals surface area contributed by atoms with Crippen molar-refractivity contribution in [3.8, 4) is 0 Å². The van der Waals surface area contributed by atoms with E-state index in [-0.39, 0.29) is 10.9 Å². The average molecular weight is 388 g/mol. The van der Waals surface area contributed by atoms with Crippen LogP contribution in [0.4, 0.5) is 0 Å². The van der Waals surface area contributed by atoms with E-state index in [1.54, 1.807) is 11.8 Å². The third kappa shape index (κ3) is 4.13. The van der Waals surface area contributed by atoms with Crippen molar-refractivity contribution in [1.82, 2.24) is 4.90 Å². The fraction of sp³-hybridized carbons (Fsp3) is 0.667. The number of halogens is 1. The molecule has 2 aliphatic heterocycles. The number of hydrogen-bond acceptors (Lipinski definition) is 6. The van der Waals surface area contributed by atoms with E-state index in [4.69, 9.17) is 4.74 Å². The van der Waals surface area contributed by atoms with Gasteiger partial charge >= 0.3 is 5.97 Å². The predicted octanol–water partition coefficient (Wildman–Crippen LogP) is 3.41. The van der Waals surface area contributed by atoms with E-state index < -0.39 is 5.41 Å². The molecule has 0 saturated carbocycles. The lowest BCUT2D eigenvalue weighted by Gasteiger charge is -2.25. The predicted molar refractivity (Wildman–Crippen MR) is 95.5 cm³/mol. The van der Waals surface area contributed by atoms with Gasteiger partial charge in [0.25, 0.3) is 0 Å². The van der Waals surface area contributed by atoms with Crippen LogP contribution >= 0.6 is 27.7 Å². The molecule has 22 heavy (non-hydrogen) atoms. The molecule has 0 amide bonds. The molecule has 2 aliphatic rings. The number of rotatable bonds is 4. The SMILES string of the molecule is CSC1=NC(CCCOC(=O)C(C)(C)C)=CN2C1=NCC2Br. The van der Waals surface area contributed by atoms with Gasteiger partial charge in [-0.2, -0.15) is 0 Å². The Bertz CT molecular complexity index is 537. The van der Waals surface area contributed by atoms with Gasteiger partial charge in [-0.25, -0.2) is 4.99 Å². The molecule has 5 nitrogen and oxygen atoms in total. The number of ether oxygens (including phenoxy) is 1. The maximum absolute atomic E-state index is 11.7. The first-order valence-electron chi connectivity index (χ1n) is 7.31. The van der Waals surface area contributed by atoms with Crippen LogP contribution in [0.1, 0.15) is 33.6 Å². The van der Waals surface area contributed by atoms with Gasteiger partial charge in [-0.3, -0.25) is 9.79 Å². The van der Waals surface area contributed by atoms with Crippen LogP contribution in [-0.4, -0.2) is 46.1 Å². The molecular formula is C15H22BrN3O2S. The summed E-state index contributed by atoms with van der Waals surface area (Å²) in [4.78, 5) is 23.2. The number of hydrogen-bond donors (Lipinski definition) is 0. The molecule has 0 aromatic carbocycles. The molecule has 0 spiro atoms. The molecular weight excluding hydrogens is 366 g/mol. The van der Waals surface area contributed by atoms with Crippen molar-refractivity contribution in [3.63, 3.8) is 0 Å². The number of carbonyl (C=O) groups is 1. The van der Waals surface area contributed by atoms with Gasteiger partial charge in [0.1, 0.15) is 9.99 Å². The van der Waals surface area contributed by atoms with Crippen LogP contribution in [0.5, 0.6) is 0 Å². The normalized spacial score (nSPS) is 21.0. The maximum atomic E-state index is 11.7. The molecule has 0 aromatic rings. The zero-order valence-corrected chi connectivity index (χ0v) is 15.8. The van der Waals surface area contributed by atoms with Crippen molar-refractivity contribution in [2.24, 2.45) is 15.4 Å². The second kappa shape index (κ2) is 7.17. The zero-order valence-electron chi connectivity index (χ0n) is 13.4. The van der Waals surface area contributed by atoms with E-state index in [0.717, 1.165) is 36.0 Å². The molecule has 0 bridgehead atoms. The van der Waals surface area contributed by atoms with E-state index in [0.29, 0.717) is 6.61 Å². The molecule has 2 heterocycles. The Hall–Kier alpha value is -0.820. The van der Waals surface area contributed by atoms with E-state index in [9.17, 15) is 4.79 Å². The second-order valence-electron chi connectivity index (χ2n) is 6.24. The first-order valence-corrected chi connectivity index (χ1v) is 9.45. The molecule has 7 heteroatoms. The molecule has 1 atom stereocenters. The highest BCUT2D eigenvalue weighted by molar-refractivity contribution is 9.09. The Morgan fingerprint density at radius 2 is 2.27 bits per heavy atom. The summed E-state index contributed by atoms with van der Waals surface area (Å²) in [6, 6.07) is 0. The zero-order chi connectivity index (χ0) is 16.3. The standard InChI is InChI=1S/C15H22BrN3O2S/c1-15(2,3)14(20)21-7-5-6-10-9-19-11(16)8-17-12(19)13(18-10)22-4/h9,11H,5-8H2,1-4H3. The Morgan fingerprint density at radius 3 is 2.91 bits per heavy atom. The number of nitrogens with zero attached hydrogens (tertiary/aromatic N) is 3. The molecule has 0 aliphatic carbocycles. The highest BCUT2D eigenvalue weighted by Gasteiger charge is 2.30. The maximum Gasteiger partial charge on any atom is 0.311 e. The van der Waals surface area contributed by atoms with Crippen molar-refractivity contribution >= 4 is 44.5 Å². The van der Waals surface area contributed by atoms with Crippen LogP contribution in [0.25, 0.3) is 0 Å². The second-order valence-corrected chi connectivity index (χ2v) is 8.09. The van der Waals surface area contributed by atoms with E-state index in [1.165, 1.54) is 0 Å². The lowest BCUT2D eigenvalue weighted by atomic mass is 9.97. The van der Waals surface area contributed by atoms with Gasteiger partial charge in [0.15, 0.2) is 5.84 Å². The topological polar surface area (TPSA) is 54.3 Å². The number of esters is 1. The van der Waals surface area contributed by atoms with Crippen LogP contribution in [0.3, 0.4) is 0 Å². The fourth-order valence-electron chi connectivity index (χ4n) is 2.05. The van der Waals surface area contributed by atoms with Gasteiger partial charge in [-0.05, 0) is 39.9 Å². The van der Waals surface area contributed by atoms with Gasteiger partial charge in [-0.1, -0.05) is 15.9 Å². The Labute approximate surface area is 144 Å². The van der Waals surface area contributed by atoms with Gasteiger partial charge in [0.2, 0.25) is 0 Å². The molecule has 122 valence electrons. The highest BCUT2D eigenvalue weighted by Crippen LogP contribution is 2.27. The summed E-state index contributed by atoms with van der Waals surface area (Å²) < 4.78 is 5.29. The largest absolute Gasteiger partial charge is 0.465 e. The van der Waals surface area contributed by atoms with Gasteiger partial charge in [0.05, 0.1) is 24.3 Å². The van der Waals surface area contributed by atoms with Crippen molar-refractivity contribution in [3.05, 3.63) is 11.9 Å². The number of fused-ring (bicyclic) bond motifs is 1. The number of aliphatic imine (C=N–C) groups is 2. The van der Waals surface area contributed by atoms with Crippen LogP contribution < -0.4 is 0 Å². The molecule has 0 N–H and O–H groups in total. The number of alkyl halides is 1. The van der Waals surface area contributed by atoms with Crippen LogP contribution in [0.2, 0.25) is 0 Å². The minimum atomic E-state index is -0.446. The Balaban J connectivity index is 1.88. The quantitative estimate of drug-likeness (QED) is 0.321. The first kappa shape index (κ1) is 17.5. The lowest BCUT2D eigenvalue weighted by molar-refractivity contribution is -0.153. The molecule has 0 saturated heterocycles. The summed E-state index contributed by atoms with van der Waals surface area (Å²) in [6.45, 7) is 6.74. The van der Waals surface area contributed by atoms with Crippen molar-refractivity contribution < 1.29 is 9.53 Å². The Kier molecular flexibility index (Phi) is 5.71. The summed E-state index contributed by atoms with van der Waals surface area (Å²) in [5.41, 5.74) is 0.555. The number of amidine groups is 1. The third-order valence-electron chi connectivity index (χ3n) is 3.28. The Morgan fingerprint density at radius 1 is 1.55 bits per heavy atom. The molecule has 0 fully saturated rings. The van der Waals surface area contributed by atoms with Crippen LogP contribution in [0, 0.1) is 5.41 Å². The lowest BCUT2D eigenvalue weighted by Crippen LogP contribution is -2.34. The van der Waals surface area contributed by atoms with Crippen LogP contribution in [0.15, 0.2) is 21.9 Å². The molecule has 0 radical (unpaired) electrons. The smallest absolute Gasteiger partial charge is 0.311 e. The summed E-state index contributed by atoms with van der Waals surface area (Å²) in [5, 5.41) is 0.950. The minimum absolute atomic E-state index is 0.159. The van der Waals surface area contributed by atoms with Gasteiger partial charge < -0.3 is 9.64 Å². The van der Waals surface area contributed by atoms with Crippen molar-refractivity contribution in [1.29, 1.82) is 0 Å². The minimum Gasteiger partial charge on any atom is -0.465 e. The van der Waals surface area contributed by atoms with E-state index in [2.05, 4.69) is 30.8 Å². The summed E-state index contributed by atoms with van der Waals surface area (Å²) in [5.74, 6) is 0.783. The average Bonchev–Trinajstić information content (AvgIpc) is 2.83. The fourth-order valence-corrected chi connectivity index (χ4v) is 3.06. The number of allylic oxidation sites excluding steroid dienone is 1. The van der Waals surface area contributed by atoms with Gasteiger partial charge in [0, 0.05) is 6.20 Å².